The average molecular weight is 318 g/mol. The van der Waals surface area contributed by atoms with Crippen molar-refractivity contribution in [3.8, 4) is 0 Å². The molecule has 0 saturated carbocycles. The summed E-state index contributed by atoms with van der Waals surface area (Å²) in [5.41, 5.74) is 0.729. The summed E-state index contributed by atoms with van der Waals surface area (Å²) in [6.45, 7) is 3.37. The number of nitrogens with one attached hydrogen (secondary N) is 1. The first-order valence-electron chi connectivity index (χ1n) is 8.64. The molecular formula is C18H26N2O3. The Labute approximate surface area is 137 Å². The molecule has 0 bridgehead atoms. The monoisotopic (exact) mass is 318 g/mol. The summed E-state index contributed by atoms with van der Waals surface area (Å²) in [6.07, 6.45) is 3.52. The number of hydrogen-bond acceptors (Lipinski definition) is 4. The number of benzene rings is 1. The van der Waals surface area contributed by atoms with E-state index in [2.05, 4.69) is 10.2 Å². The Morgan fingerprint density at radius 3 is 2.70 bits per heavy atom. The Kier molecular flexibility index (Phi) is 5.65. The molecule has 3 unspecified atom stereocenters. The molecule has 2 heterocycles. The third kappa shape index (κ3) is 4.53. The standard InChI is InChI=1S/C18H26N2O3/c21-16-9-8-15(10-13-20-11-4-5-12-20)23-17(16)18(22)19-14-6-2-1-3-7-14/h1-3,6-7,15-17,21H,4-5,8-13H2,(H,19,22). The summed E-state index contributed by atoms with van der Waals surface area (Å²) in [4.78, 5) is 14.8. The number of hydrogen-bond donors (Lipinski definition) is 2. The molecule has 2 fully saturated rings. The van der Waals surface area contributed by atoms with Crippen molar-refractivity contribution in [2.45, 2.75) is 50.4 Å². The number of nitrogens with zero attached hydrogens (tertiary/aromatic N) is 1. The van der Waals surface area contributed by atoms with Crippen molar-refractivity contribution in [1.82, 2.24) is 4.90 Å². The lowest BCUT2D eigenvalue weighted by Gasteiger charge is -2.33. The minimum absolute atomic E-state index is 0.0607. The number of rotatable bonds is 5. The van der Waals surface area contributed by atoms with Gasteiger partial charge in [-0.3, -0.25) is 4.79 Å². The molecule has 2 aliphatic heterocycles. The molecular weight excluding hydrogens is 292 g/mol. The van der Waals surface area contributed by atoms with Crippen LogP contribution in [0.1, 0.15) is 32.1 Å². The third-order valence-electron chi connectivity index (χ3n) is 4.74. The number of amides is 1. The number of aliphatic hydroxyl groups excluding tert-OH is 1. The van der Waals surface area contributed by atoms with Crippen LogP contribution in [0.5, 0.6) is 0 Å². The van der Waals surface area contributed by atoms with Crippen molar-refractivity contribution in [2.24, 2.45) is 0 Å². The van der Waals surface area contributed by atoms with Crippen LogP contribution in [-0.4, -0.2) is 53.9 Å². The molecule has 3 atom stereocenters. The van der Waals surface area contributed by atoms with Gasteiger partial charge in [0.25, 0.3) is 5.91 Å². The molecule has 2 N–H and O–H groups in total. The van der Waals surface area contributed by atoms with Gasteiger partial charge < -0.3 is 20.1 Å². The van der Waals surface area contributed by atoms with Gasteiger partial charge in [-0.25, -0.2) is 0 Å². The molecule has 5 nitrogen and oxygen atoms in total. The molecule has 126 valence electrons. The van der Waals surface area contributed by atoms with Gasteiger partial charge in [-0.15, -0.1) is 0 Å². The molecule has 1 amide bonds. The quantitative estimate of drug-likeness (QED) is 0.872. The van der Waals surface area contributed by atoms with Crippen LogP contribution < -0.4 is 5.32 Å². The molecule has 0 aliphatic carbocycles. The zero-order valence-electron chi connectivity index (χ0n) is 13.5. The summed E-state index contributed by atoms with van der Waals surface area (Å²) in [6, 6.07) is 9.30. The minimum atomic E-state index is -0.771. The van der Waals surface area contributed by atoms with E-state index >= 15 is 0 Å². The minimum Gasteiger partial charge on any atom is -0.390 e. The largest absolute Gasteiger partial charge is 0.390 e. The third-order valence-corrected chi connectivity index (χ3v) is 4.74. The van der Waals surface area contributed by atoms with Gasteiger partial charge in [-0.05, 0) is 57.3 Å². The highest BCUT2D eigenvalue weighted by Gasteiger charge is 2.35. The van der Waals surface area contributed by atoms with Gasteiger partial charge in [-0.1, -0.05) is 18.2 Å². The highest BCUT2D eigenvalue weighted by atomic mass is 16.5. The van der Waals surface area contributed by atoms with Gasteiger partial charge in [0.05, 0.1) is 12.2 Å². The highest BCUT2D eigenvalue weighted by molar-refractivity contribution is 5.94. The van der Waals surface area contributed by atoms with Crippen LogP contribution in [0.2, 0.25) is 0 Å². The van der Waals surface area contributed by atoms with E-state index in [1.165, 1.54) is 25.9 Å². The van der Waals surface area contributed by atoms with Crippen molar-refractivity contribution < 1.29 is 14.6 Å². The SMILES string of the molecule is O=C(Nc1ccccc1)C1OC(CCN2CCCC2)CCC1O. The van der Waals surface area contributed by atoms with Gasteiger partial charge >= 0.3 is 0 Å². The normalized spacial score (nSPS) is 28.7. The molecule has 2 aliphatic rings. The fourth-order valence-electron chi connectivity index (χ4n) is 3.39. The van der Waals surface area contributed by atoms with E-state index in [1.54, 1.807) is 0 Å². The number of ether oxygens (including phenoxy) is 1. The Balaban J connectivity index is 1.51. The van der Waals surface area contributed by atoms with Gasteiger partial charge in [0, 0.05) is 12.2 Å². The maximum atomic E-state index is 12.4. The van der Waals surface area contributed by atoms with E-state index in [-0.39, 0.29) is 12.0 Å². The first kappa shape index (κ1) is 16.4. The molecule has 0 aromatic heterocycles. The molecule has 2 saturated heterocycles. The van der Waals surface area contributed by atoms with Crippen molar-refractivity contribution in [3.63, 3.8) is 0 Å². The number of carbonyl (C=O) groups is 1. The van der Waals surface area contributed by atoms with E-state index < -0.39 is 12.2 Å². The van der Waals surface area contributed by atoms with Gasteiger partial charge in [0.2, 0.25) is 0 Å². The van der Waals surface area contributed by atoms with Crippen LogP contribution in [0.3, 0.4) is 0 Å². The summed E-state index contributed by atoms with van der Waals surface area (Å²) in [7, 11) is 0. The molecule has 3 rings (SSSR count). The summed E-state index contributed by atoms with van der Waals surface area (Å²) in [5.74, 6) is -0.255. The maximum absolute atomic E-state index is 12.4. The lowest BCUT2D eigenvalue weighted by Crippen LogP contribution is -2.47. The predicted molar refractivity (Wildman–Crippen MR) is 89.3 cm³/mol. The van der Waals surface area contributed by atoms with E-state index in [4.69, 9.17) is 4.74 Å². The Morgan fingerprint density at radius 1 is 1.22 bits per heavy atom. The fraction of sp³-hybridized carbons (Fsp3) is 0.611. The number of anilines is 1. The molecule has 1 aromatic carbocycles. The molecule has 1 aromatic rings. The van der Waals surface area contributed by atoms with Crippen molar-refractivity contribution in [2.75, 3.05) is 25.0 Å². The summed E-state index contributed by atoms with van der Waals surface area (Å²) >= 11 is 0. The Morgan fingerprint density at radius 2 is 1.96 bits per heavy atom. The smallest absolute Gasteiger partial charge is 0.256 e. The lowest BCUT2D eigenvalue weighted by atomic mass is 9.98. The van der Waals surface area contributed by atoms with Gasteiger partial charge in [0.1, 0.15) is 0 Å². The number of likely N-dealkylation sites (tertiary alicyclic amines) is 1. The summed E-state index contributed by atoms with van der Waals surface area (Å²) < 4.78 is 5.90. The number of para-hydroxylation sites is 1. The van der Waals surface area contributed by atoms with Gasteiger partial charge in [0.15, 0.2) is 6.10 Å². The average Bonchev–Trinajstić information content (AvgIpc) is 3.08. The first-order chi connectivity index (χ1) is 11.2. The van der Waals surface area contributed by atoms with Crippen molar-refractivity contribution in [1.29, 1.82) is 0 Å². The van der Waals surface area contributed by atoms with Crippen LogP contribution >= 0.6 is 0 Å². The van der Waals surface area contributed by atoms with E-state index in [9.17, 15) is 9.90 Å². The van der Waals surface area contributed by atoms with E-state index in [1.807, 2.05) is 30.3 Å². The molecule has 0 spiro atoms. The van der Waals surface area contributed by atoms with Crippen molar-refractivity contribution >= 4 is 11.6 Å². The second-order valence-electron chi connectivity index (χ2n) is 6.52. The molecule has 0 radical (unpaired) electrons. The van der Waals surface area contributed by atoms with Crippen LogP contribution in [0.15, 0.2) is 30.3 Å². The van der Waals surface area contributed by atoms with Gasteiger partial charge in [-0.2, -0.15) is 0 Å². The Hall–Kier alpha value is -1.43. The maximum Gasteiger partial charge on any atom is 0.256 e. The highest BCUT2D eigenvalue weighted by Crippen LogP contribution is 2.24. The van der Waals surface area contributed by atoms with Crippen LogP contribution in [-0.2, 0) is 9.53 Å². The molecule has 5 heteroatoms. The fourth-order valence-corrected chi connectivity index (χ4v) is 3.39. The topological polar surface area (TPSA) is 61.8 Å². The predicted octanol–water partition coefficient (Wildman–Crippen LogP) is 2.02. The molecule has 23 heavy (non-hydrogen) atoms. The van der Waals surface area contributed by atoms with E-state index in [0.29, 0.717) is 6.42 Å². The zero-order valence-corrected chi connectivity index (χ0v) is 13.5. The second-order valence-corrected chi connectivity index (χ2v) is 6.52. The Bertz CT molecular complexity index is 502. The summed E-state index contributed by atoms with van der Waals surface area (Å²) in [5, 5.41) is 12.9. The first-order valence-corrected chi connectivity index (χ1v) is 8.64. The van der Waals surface area contributed by atoms with Crippen molar-refractivity contribution in [3.05, 3.63) is 30.3 Å². The second kappa shape index (κ2) is 7.90. The van der Waals surface area contributed by atoms with E-state index in [0.717, 1.165) is 25.1 Å². The number of aliphatic hydroxyl groups is 1. The van der Waals surface area contributed by atoms with Crippen LogP contribution in [0.25, 0.3) is 0 Å². The lowest BCUT2D eigenvalue weighted by molar-refractivity contribution is -0.153. The number of carbonyl (C=O) groups excluding carboxylic acids is 1. The van der Waals surface area contributed by atoms with Crippen LogP contribution in [0.4, 0.5) is 5.69 Å². The van der Waals surface area contributed by atoms with Crippen LogP contribution in [0, 0.1) is 0 Å². The zero-order chi connectivity index (χ0) is 16.1.